The number of nitrogens with zero attached hydrogens (tertiary/aromatic N) is 3. The van der Waals surface area contributed by atoms with E-state index in [-0.39, 0.29) is 11.8 Å². The zero-order valence-corrected chi connectivity index (χ0v) is 16.9. The largest absolute Gasteiger partial charge is 0.339 e. The van der Waals surface area contributed by atoms with E-state index in [0.29, 0.717) is 32.1 Å². The lowest BCUT2D eigenvalue weighted by Gasteiger charge is -2.36. The van der Waals surface area contributed by atoms with Gasteiger partial charge in [0.05, 0.1) is 5.56 Å². The van der Waals surface area contributed by atoms with E-state index in [1.54, 1.807) is 0 Å². The molecule has 0 unspecified atom stereocenters. The number of aromatic nitrogens is 1. The Morgan fingerprint density at radius 3 is 2.14 bits per heavy atom. The maximum Gasteiger partial charge on any atom is 0.255 e. The highest BCUT2D eigenvalue weighted by molar-refractivity contribution is 5.96. The molecule has 28 heavy (non-hydrogen) atoms. The molecule has 4 rings (SSSR count). The summed E-state index contributed by atoms with van der Waals surface area (Å²) in [6.07, 6.45) is 4.41. The Balaban J connectivity index is 1.45. The molecule has 2 heterocycles. The van der Waals surface area contributed by atoms with Gasteiger partial charge in [-0.25, -0.2) is 0 Å². The van der Waals surface area contributed by atoms with Crippen LogP contribution in [0.4, 0.5) is 0 Å². The van der Waals surface area contributed by atoms with Gasteiger partial charge in [0, 0.05) is 49.2 Å². The summed E-state index contributed by atoms with van der Waals surface area (Å²) >= 11 is 0. The van der Waals surface area contributed by atoms with E-state index in [9.17, 15) is 9.59 Å². The molecule has 1 aromatic carbocycles. The van der Waals surface area contributed by atoms with Gasteiger partial charge in [0.2, 0.25) is 5.91 Å². The molecular formula is C23H29N3O2. The van der Waals surface area contributed by atoms with Gasteiger partial charge in [0.1, 0.15) is 0 Å². The first kappa shape index (κ1) is 18.8. The number of carbonyl (C=O) groups excluding carboxylic acids is 2. The van der Waals surface area contributed by atoms with Crippen molar-refractivity contribution in [1.29, 1.82) is 0 Å². The van der Waals surface area contributed by atoms with E-state index in [0.717, 1.165) is 35.5 Å². The van der Waals surface area contributed by atoms with Crippen LogP contribution >= 0.6 is 0 Å². The van der Waals surface area contributed by atoms with Crippen molar-refractivity contribution in [2.75, 3.05) is 26.2 Å². The van der Waals surface area contributed by atoms with Crippen LogP contribution in [0.3, 0.4) is 0 Å². The Labute approximate surface area is 166 Å². The Morgan fingerprint density at radius 1 is 0.893 bits per heavy atom. The maximum absolute atomic E-state index is 13.2. The van der Waals surface area contributed by atoms with E-state index in [1.807, 2.05) is 47.9 Å². The zero-order valence-electron chi connectivity index (χ0n) is 16.9. The fourth-order valence-corrected chi connectivity index (χ4v) is 4.68. The number of hydrogen-bond acceptors (Lipinski definition) is 2. The van der Waals surface area contributed by atoms with Gasteiger partial charge in [-0.3, -0.25) is 9.59 Å². The monoisotopic (exact) mass is 379 g/mol. The highest BCUT2D eigenvalue weighted by Crippen LogP contribution is 2.27. The molecule has 1 aromatic heterocycles. The van der Waals surface area contributed by atoms with Gasteiger partial charge in [-0.2, -0.15) is 0 Å². The smallest absolute Gasteiger partial charge is 0.255 e. The minimum atomic E-state index is 0.0725. The van der Waals surface area contributed by atoms with Crippen LogP contribution in [0.25, 0.3) is 5.69 Å². The predicted octanol–water partition coefficient (Wildman–Crippen LogP) is 3.57. The summed E-state index contributed by atoms with van der Waals surface area (Å²) < 4.78 is 2.13. The van der Waals surface area contributed by atoms with Crippen LogP contribution in [-0.2, 0) is 4.79 Å². The number of rotatable bonds is 3. The van der Waals surface area contributed by atoms with Crippen LogP contribution in [0.2, 0.25) is 0 Å². The van der Waals surface area contributed by atoms with Crippen LogP contribution < -0.4 is 0 Å². The number of aryl methyl sites for hydroxylation is 1. The second-order valence-corrected chi connectivity index (χ2v) is 8.05. The normalized spacial score (nSPS) is 17.9. The van der Waals surface area contributed by atoms with Gasteiger partial charge in [-0.1, -0.05) is 31.0 Å². The summed E-state index contributed by atoms with van der Waals surface area (Å²) in [5, 5.41) is 0. The number of para-hydroxylation sites is 1. The SMILES string of the molecule is Cc1cc(C(=O)N2CCN(C(=O)C3CCCC3)CC2)c(C)n1-c1ccccc1. The Hall–Kier alpha value is -2.56. The fraction of sp³-hybridized carbons (Fsp3) is 0.478. The minimum absolute atomic E-state index is 0.0725. The van der Waals surface area contributed by atoms with Gasteiger partial charge in [0.25, 0.3) is 5.91 Å². The molecular weight excluding hydrogens is 350 g/mol. The molecule has 2 fully saturated rings. The molecule has 2 amide bonds. The van der Waals surface area contributed by atoms with Crippen molar-refractivity contribution in [3.63, 3.8) is 0 Å². The Morgan fingerprint density at radius 2 is 1.50 bits per heavy atom. The summed E-state index contributed by atoms with van der Waals surface area (Å²) in [6.45, 7) is 6.58. The standard InChI is InChI=1S/C23H29N3O2/c1-17-16-21(18(2)26(17)20-10-4-3-5-11-20)23(28)25-14-12-24(13-15-25)22(27)19-8-6-7-9-19/h3-5,10-11,16,19H,6-9,12-15H2,1-2H3. The lowest BCUT2D eigenvalue weighted by molar-refractivity contribution is -0.136. The fourth-order valence-electron chi connectivity index (χ4n) is 4.68. The van der Waals surface area contributed by atoms with Crippen molar-refractivity contribution in [3.05, 3.63) is 53.3 Å². The zero-order chi connectivity index (χ0) is 19.7. The lowest BCUT2D eigenvalue weighted by atomic mass is 10.1. The molecule has 1 aliphatic heterocycles. The molecule has 5 heteroatoms. The molecule has 5 nitrogen and oxygen atoms in total. The third-order valence-electron chi connectivity index (χ3n) is 6.26. The van der Waals surface area contributed by atoms with Crippen LogP contribution in [0.5, 0.6) is 0 Å². The highest BCUT2D eigenvalue weighted by atomic mass is 16.2. The highest BCUT2D eigenvalue weighted by Gasteiger charge is 2.31. The van der Waals surface area contributed by atoms with Crippen molar-refractivity contribution in [2.24, 2.45) is 5.92 Å². The van der Waals surface area contributed by atoms with Gasteiger partial charge >= 0.3 is 0 Å². The second-order valence-electron chi connectivity index (χ2n) is 8.05. The summed E-state index contributed by atoms with van der Waals surface area (Å²) in [6, 6.07) is 12.1. The molecule has 0 bridgehead atoms. The quantitative estimate of drug-likeness (QED) is 0.818. The first-order chi connectivity index (χ1) is 13.6. The van der Waals surface area contributed by atoms with Crippen molar-refractivity contribution < 1.29 is 9.59 Å². The molecule has 148 valence electrons. The van der Waals surface area contributed by atoms with Crippen molar-refractivity contribution in [3.8, 4) is 5.69 Å². The summed E-state index contributed by atoms with van der Waals surface area (Å²) in [4.78, 5) is 29.6. The number of amides is 2. The summed E-state index contributed by atoms with van der Waals surface area (Å²) in [7, 11) is 0. The number of hydrogen-bond donors (Lipinski definition) is 0. The molecule has 0 N–H and O–H groups in total. The summed E-state index contributed by atoms with van der Waals surface area (Å²) in [5.41, 5.74) is 3.86. The van der Waals surface area contributed by atoms with Gasteiger partial charge in [-0.05, 0) is 44.9 Å². The third-order valence-corrected chi connectivity index (χ3v) is 6.26. The molecule has 1 aliphatic carbocycles. The number of carbonyl (C=O) groups is 2. The average Bonchev–Trinajstić information content (AvgIpc) is 3.36. The molecule has 2 aromatic rings. The van der Waals surface area contributed by atoms with E-state index in [2.05, 4.69) is 16.7 Å². The van der Waals surface area contributed by atoms with E-state index in [1.165, 1.54) is 12.8 Å². The van der Waals surface area contributed by atoms with Crippen molar-refractivity contribution in [2.45, 2.75) is 39.5 Å². The van der Waals surface area contributed by atoms with Gasteiger partial charge < -0.3 is 14.4 Å². The van der Waals surface area contributed by atoms with Crippen LogP contribution in [-0.4, -0.2) is 52.4 Å². The maximum atomic E-state index is 13.2. The molecule has 0 spiro atoms. The molecule has 1 saturated carbocycles. The van der Waals surface area contributed by atoms with Crippen molar-refractivity contribution >= 4 is 11.8 Å². The molecule has 2 aliphatic rings. The van der Waals surface area contributed by atoms with Crippen LogP contribution in [0.1, 0.15) is 47.4 Å². The van der Waals surface area contributed by atoms with Crippen molar-refractivity contribution in [1.82, 2.24) is 14.4 Å². The lowest BCUT2D eigenvalue weighted by Crippen LogP contribution is -2.51. The molecule has 0 atom stereocenters. The first-order valence-electron chi connectivity index (χ1n) is 10.4. The van der Waals surface area contributed by atoms with Crippen LogP contribution in [0.15, 0.2) is 36.4 Å². The summed E-state index contributed by atoms with van der Waals surface area (Å²) in [5.74, 6) is 0.585. The number of benzene rings is 1. The first-order valence-corrected chi connectivity index (χ1v) is 10.4. The molecule has 1 saturated heterocycles. The number of piperazine rings is 1. The van der Waals surface area contributed by atoms with E-state index < -0.39 is 0 Å². The van der Waals surface area contributed by atoms with Gasteiger partial charge in [-0.15, -0.1) is 0 Å². The topological polar surface area (TPSA) is 45.6 Å². The molecule has 0 radical (unpaired) electrons. The van der Waals surface area contributed by atoms with E-state index in [4.69, 9.17) is 0 Å². The Kier molecular flexibility index (Phi) is 5.25. The second kappa shape index (κ2) is 7.82. The van der Waals surface area contributed by atoms with E-state index >= 15 is 0 Å². The average molecular weight is 380 g/mol. The Bertz CT molecular complexity index is 857. The van der Waals surface area contributed by atoms with Gasteiger partial charge in [0.15, 0.2) is 0 Å². The third kappa shape index (κ3) is 3.46. The van der Waals surface area contributed by atoms with Crippen LogP contribution in [0, 0.1) is 19.8 Å². The minimum Gasteiger partial charge on any atom is -0.339 e. The predicted molar refractivity (Wildman–Crippen MR) is 110 cm³/mol.